The maximum atomic E-state index is 11.7. The van der Waals surface area contributed by atoms with E-state index in [4.69, 9.17) is 11.0 Å². The van der Waals surface area contributed by atoms with E-state index in [1.807, 2.05) is 30.5 Å². The van der Waals surface area contributed by atoms with E-state index in [0.29, 0.717) is 6.42 Å². The highest BCUT2D eigenvalue weighted by Gasteiger charge is 2.19. The summed E-state index contributed by atoms with van der Waals surface area (Å²) in [5, 5.41) is 13.2. The monoisotopic (exact) mass is 237 g/mol. The number of nitrogens with zero attached hydrogens (tertiary/aromatic N) is 1. The Hall–Kier alpha value is -1.38. The van der Waals surface area contributed by atoms with Gasteiger partial charge in [0, 0.05) is 10.9 Å². The van der Waals surface area contributed by atoms with Crippen LogP contribution in [0.15, 0.2) is 17.5 Å². The molecular weight excluding hydrogens is 222 g/mol. The van der Waals surface area contributed by atoms with Crippen molar-refractivity contribution in [2.24, 2.45) is 5.73 Å². The van der Waals surface area contributed by atoms with E-state index in [-0.39, 0.29) is 11.9 Å². The number of rotatable bonds is 5. The van der Waals surface area contributed by atoms with Crippen molar-refractivity contribution in [3.63, 3.8) is 0 Å². The molecule has 5 heteroatoms. The van der Waals surface area contributed by atoms with E-state index in [1.165, 1.54) is 11.3 Å². The highest BCUT2D eigenvalue weighted by Crippen LogP contribution is 2.17. The molecular formula is C11H15N3OS. The van der Waals surface area contributed by atoms with E-state index >= 15 is 0 Å². The molecule has 1 aromatic rings. The van der Waals surface area contributed by atoms with Crippen LogP contribution in [0.4, 0.5) is 0 Å². The second-order valence-corrected chi connectivity index (χ2v) is 4.45. The van der Waals surface area contributed by atoms with Gasteiger partial charge in [0.25, 0.3) is 0 Å². The van der Waals surface area contributed by atoms with Gasteiger partial charge in [-0.3, -0.25) is 4.79 Å². The Labute approximate surface area is 99.1 Å². The predicted molar refractivity (Wildman–Crippen MR) is 63.7 cm³/mol. The Bertz CT molecular complexity index is 369. The van der Waals surface area contributed by atoms with E-state index in [0.717, 1.165) is 11.3 Å². The standard InChI is InChI=1S/C11H15N3OS/c1-2-8(5-6-12)14-11(15)10(13)9-4-3-7-16-9/h3-4,7-8,10H,2,5,13H2,1H3,(H,14,15). The SMILES string of the molecule is CCC(CC#N)NC(=O)C(N)c1cccs1. The average molecular weight is 237 g/mol. The molecule has 0 aliphatic heterocycles. The van der Waals surface area contributed by atoms with Gasteiger partial charge in [0.2, 0.25) is 5.91 Å². The number of carbonyl (C=O) groups is 1. The molecule has 1 amide bonds. The molecule has 0 saturated carbocycles. The third-order valence-corrected chi connectivity index (χ3v) is 3.26. The first-order valence-electron chi connectivity index (χ1n) is 5.15. The third kappa shape index (κ3) is 3.33. The Balaban J connectivity index is 2.55. The van der Waals surface area contributed by atoms with Crippen molar-refractivity contribution in [1.82, 2.24) is 5.32 Å². The summed E-state index contributed by atoms with van der Waals surface area (Å²) in [6.07, 6.45) is 1.05. The lowest BCUT2D eigenvalue weighted by Gasteiger charge is -2.16. The summed E-state index contributed by atoms with van der Waals surface area (Å²) in [5.74, 6) is -0.218. The summed E-state index contributed by atoms with van der Waals surface area (Å²) >= 11 is 1.46. The zero-order valence-electron chi connectivity index (χ0n) is 9.14. The number of thiophene rings is 1. The summed E-state index contributed by atoms with van der Waals surface area (Å²) in [6, 6.07) is 5.00. The molecule has 0 fully saturated rings. The Morgan fingerprint density at radius 2 is 2.50 bits per heavy atom. The van der Waals surface area contributed by atoms with Crippen molar-refractivity contribution in [2.75, 3.05) is 0 Å². The minimum atomic E-state index is -0.632. The van der Waals surface area contributed by atoms with Gasteiger partial charge < -0.3 is 11.1 Å². The molecule has 2 atom stereocenters. The highest BCUT2D eigenvalue weighted by molar-refractivity contribution is 7.10. The minimum absolute atomic E-state index is 0.108. The zero-order valence-corrected chi connectivity index (χ0v) is 9.96. The van der Waals surface area contributed by atoms with Gasteiger partial charge >= 0.3 is 0 Å². The van der Waals surface area contributed by atoms with Gasteiger partial charge in [-0.2, -0.15) is 5.26 Å². The summed E-state index contributed by atoms with van der Waals surface area (Å²) < 4.78 is 0. The maximum Gasteiger partial charge on any atom is 0.242 e. The Kier molecular flexibility index (Phi) is 4.96. The summed E-state index contributed by atoms with van der Waals surface area (Å²) in [7, 11) is 0. The van der Waals surface area contributed by atoms with E-state index < -0.39 is 6.04 Å². The number of nitrogens with one attached hydrogen (secondary N) is 1. The molecule has 0 spiro atoms. The van der Waals surface area contributed by atoms with Crippen LogP contribution in [0.2, 0.25) is 0 Å². The second-order valence-electron chi connectivity index (χ2n) is 3.47. The van der Waals surface area contributed by atoms with Crippen molar-refractivity contribution in [1.29, 1.82) is 5.26 Å². The number of carbonyl (C=O) groups excluding carboxylic acids is 1. The molecule has 0 aliphatic carbocycles. The normalized spacial score (nSPS) is 13.8. The van der Waals surface area contributed by atoms with Crippen LogP contribution in [0.1, 0.15) is 30.7 Å². The van der Waals surface area contributed by atoms with Gasteiger partial charge in [0.1, 0.15) is 6.04 Å². The summed E-state index contributed by atoms with van der Waals surface area (Å²) in [5.41, 5.74) is 5.80. The Morgan fingerprint density at radius 1 is 1.75 bits per heavy atom. The summed E-state index contributed by atoms with van der Waals surface area (Å²) in [4.78, 5) is 12.6. The highest BCUT2D eigenvalue weighted by atomic mass is 32.1. The van der Waals surface area contributed by atoms with Crippen LogP contribution >= 0.6 is 11.3 Å². The van der Waals surface area contributed by atoms with Gasteiger partial charge in [-0.15, -0.1) is 11.3 Å². The van der Waals surface area contributed by atoms with Gasteiger partial charge in [0.15, 0.2) is 0 Å². The van der Waals surface area contributed by atoms with E-state index in [2.05, 4.69) is 5.32 Å². The molecule has 1 aromatic heterocycles. The second kappa shape index (κ2) is 6.26. The minimum Gasteiger partial charge on any atom is -0.351 e. The third-order valence-electron chi connectivity index (χ3n) is 2.31. The molecule has 2 unspecified atom stereocenters. The fourth-order valence-electron chi connectivity index (χ4n) is 1.30. The van der Waals surface area contributed by atoms with Crippen molar-refractivity contribution in [2.45, 2.75) is 31.8 Å². The molecule has 0 aliphatic rings. The number of nitriles is 1. The smallest absolute Gasteiger partial charge is 0.242 e. The Morgan fingerprint density at radius 3 is 3.00 bits per heavy atom. The molecule has 0 radical (unpaired) electrons. The zero-order chi connectivity index (χ0) is 12.0. The lowest BCUT2D eigenvalue weighted by Crippen LogP contribution is -2.40. The fraction of sp³-hybridized carbons (Fsp3) is 0.455. The van der Waals surface area contributed by atoms with E-state index in [9.17, 15) is 4.79 Å². The van der Waals surface area contributed by atoms with Gasteiger partial charge in [0.05, 0.1) is 12.5 Å². The van der Waals surface area contributed by atoms with Crippen LogP contribution in [-0.2, 0) is 4.79 Å². The van der Waals surface area contributed by atoms with Crippen LogP contribution in [0.5, 0.6) is 0 Å². The molecule has 86 valence electrons. The van der Waals surface area contributed by atoms with Gasteiger partial charge in [-0.25, -0.2) is 0 Å². The first-order valence-corrected chi connectivity index (χ1v) is 6.03. The van der Waals surface area contributed by atoms with Gasteiger partial charge in [-0.05, 0) is 17.9 Å². The molecule has 0 saturated heterocycles. The summed E-state index contributed by atoms with van der Waals surface area (Å²) in [6.45, 7) is 1.93. The molecule has 1 heterocycles. The molecule has 0 aromatic carbocycles. The first kappa shape index (κ1) is 12.7. The fourth-order valence-corrected chi connectivity index (χ4v) is 2.02. The molecule has 4 nitrogen and oxygen atoms in total. The molecule has 0 bridgehead atoms. The molecule has 3 N–H and O–H groups in total. The van der Waals surface area contributed by atoms with Crippen molar-refractivity contribution in [3.05, 3.63) is 22.4 Å². The average Bonchev–Trinajstić information content (AvgIpc) is 2.80. The van der Waals surface area contributed by atoms with E-state index in [1.54, 1.807) is 0 Å². The number of hydrogen-bond donors (Lipinski definition) is 2. The van der Waals surface area contributed by atoms with Crippen molar-refractivity contribution in [3.8, 4) is 6.07 Å². The van der Waals surface area contributed by atoms with Gasteiger partial charge in [-0.1, -0.05) is 13.0 Å². The number of hydrogen-bond acceptors (Lipinski definition) is 4. The number of nitrogens with two attached hydrogens (primary N) is 1. The predicted octanol–water partition coefficient (Wildman–Crippen LogP) is 1.56. The van der Waals surface area contributed by atoms with Crippen molar-refractivity contribution < 1.29 is 4.79 Å². The maximum absolute atomic E-state index is 11.7. The molecule has 1 rings (SSSR count). The topological polar surface area (TPSA) is 78.9 Å². The van der Waals surface area contributed by atoms with Crippen LogP contribution in [0, 0.1) is 11.3 Å². The van der Waals surface area contributed by atoms with Crippen LogP contribution < -0.4 is 11.1 Å². The van der Waals surface area contributed by atoms with Crippen LogP contribution in [0.25, 0.3) is 0 Å². The first-order chi connectivity index (χ1) is 7.69. The molecule has 16 heavy (non-hydrogen) atoms. The largest absolute Gasteiger partial charge is 0.351 e. The quantitative estimate of drug-likeness (QED) is 0.815. The lowest BCUT2D eigenvalue weighted by atomic mass is 10.1. The van der Waals surface area contributed by atoms with Crippen LogP contribution in [-0.4, -0.2) is 11.9 Å². The van der Waals surface area contributed by atoms with Crippen molar-refractivity contribution >= 4 is 17.2 Å². The lowest BCUT2D eigenvalue weighted by molar-refractivity contribution is -0.123. The number of amides is 1. The van der Waals surface area contributed by atoms with Crippen LogP contribution in [0.3, 0.4) is 0 Å².